The van der Waals surface area contributed by atoms with E-state index in [4.69, 9.17) is 5.11 Å². The van der Waals surface area contributed by atoms with Crippen molar-refractivity contribution in [3.63, 3.8) is 0 Å². The van der Waals surface area contributed by atoms with Crippen LogP contribution in [0.1, 0.15) is 22.6 Å². The molecule has 0 saturated carbocycles. The zero-order chi connectivity index (χ0) is 15.2. The Morgan fingerprint density at radius 2 is 2.00 bits per heavy atom. The fourth-order valence-corrected chi connectivity index (χ4v) is 2.17. The van der Waals surface area contributed by atoms with E-state index in [0.717, 1.165) is 5.56 Å². The second kappa shape index (κ2) is 7.04. The number of carbonyl (C=O) groups is 1. The summed E-state index contributed by atoms with van der Waals surface area (Å²) in [5.41, 5.74) is 1.47. The van der Waals surface area contributed by atoms with Crippen molar-refractivity contribution in [3.8, 4) is 0 Å². The summed E-state index contributed by atoms with van der Waals surface area (Å²) in [7, 11) is 0. The fraction of sp³-hybridized carbons (Fsp3) is 0.250. The summed E-state index contributed by atoms with van der Waals surface area (Å²) >= 11 is 0.614. The summed E-state index contributed by atoms with van der Waals surface area (Å²) < 4.78 is 24.7. The minimum absolute atomic E-state index is 0.00163. The average molecular weight is 314 g/mol. The molecule has 0 unspecified atom stereocenters. The van der Waals surface area contributed by atoms with Gasteiger partial charge in [0.05, 0.1) is 6.61 Å². The standard InChI is InChI=1S/C12H12F2N4O2S/c13-9(14)10-17-18-12(21-10)16-11(20)15-5-7-3-1-2-4-8(7)6-19/h1-4,9,19H,5-6H2,(H2,15,16,18,20). The third-order valence-corrected chi connectivity index (χ3v) is 3.42. The van der Waals surface area contributed by atoms with Crippen molar-refractivity contribution in [3.05, 3.63) is 40.4 Å². The number of aliphatic hydroxyl groups is 1. The Balaban J connectivity index is 1.89. The number of urea groups is 1. The first kappa shape index (κ1) is 15.3. The van der Waals surface area contributed by atoms with Crippen LogP contribution in [0, 0.1) is 0 Å². The van der Waals surface area contributed by atoms with E-state index in [9.17, 15) is 13.6 Å². The smallest absolute Gasteiger partial charge is 0.321 e. The van der Waals surface area contributed by atoms with Gasteiger partial charge in [-0.25, -0.2) is 13.6 Å². The SMILES string of the molecule is O=C(NCc1ccccc1CO)Nc1nnc(C(F)F)s1. The fourth-order valence-electron chi connectivity index (χ4n) is 1.57. The van der Waals surface area contributed by atoms with Gasteiger partial charge in [-0.1, -0.05) is 35.6 Å². The van der Waals surface area contributed by atoms with Crippen molar-refractivity contribution in [2.45, 2.75) is 19.6 Å². The third kappa shape index (κ3) is 4.17. The van der Waals surface area contributed by atoms with E-state index in [0.29, 0.717) is 16.9 Å². The molecule has 0 bridgehead atoms. The Morgan fingerprint density at radius 1 is 1.29 bits per heavy atom. The minimum atomic E-state index is -2.71. The highest BCUT2D eigenvalue weighted by molar-refractivity contribution is 7.15. The molecular formula is C12H12F2N4O2S. The van der Waals surface area contributed by atoms with Crippen LogP contribution in [0.5, 0.6) is 0 Å². The van der Waals surface area contributed by atoms with Gasteiger partial charge in [-0.05, 0) is 11.1 Å². The molecule has 112 valence electrons. The van der Waals surface area contributed by atoms with Gasteiger partial charge in [0.15, 0.2) is 5.01 Å². The lowest BCUT2D eigenvalue weighted by Crippen LogP contribution is -2.28. The van der Waals surface area contributed by atoms with Crippen LogP contribution in [0.15, 0.2) is 24.3 Å². The van der Waals surface area contributed by atoms with Gasteiger partial charge >= 0.3 is 6.03 Å². The molecule has 0 saturated heterocycles. The number of halogens is 2. The molecule has 0 spiro atoms. The molecule has 3 N–H and O–H groups in total. The van der Waals surface area contributed by atoms with E-state index in [2.05, 4.69) is 20.8 Å². The van der Waals surface area contributed by atoms with E-state index < -0.39 is 17.5 Å². The maximum atomic E-state index is 12.3. The number of hydrogen-bond acceptors (Lipinski definition) is 5. The lowest BCUT2D eigenvalue weighted by molar-refractivity contribution is 0.150. The number of anilines is 1. The highest BCUT2D eigenvalue weighted by Crippen LogP contribution is 2.24. The van der Waals surface area contributed by atoms with Gasteiger partial charge < -0.3 is 10.4 Å². The van der Waals surface area contributed by atoms with Crippen LogP contribution in [0.25, 0.3) is 0 Å². The normalized spacial score (nSPS) is 10.7. The second-order valence-electron chi connectivity index (χ2n) is 3.98. The largest absolute Gasteiger partial charge is 0.392 e. The number of carbonyl (C=O) groups excluding carboxylic acids is 1. The van der Waals surface area contributed by atoms with E-state index in [1.54, 1.807) is 24.3 Å². The summed E-state index contributed by atoms with van der Waals surface area (Å²) in [6, 6.07) is 6.50. The number of benzene rings is 1. The molecule has 2 aromatic rings. The van der Waals surface area contributed by atoms with Gasteiger partial charge in [0, 0.05) is 6.54 Å². The Bertz CT molecular complexity index is 621. The topological polar surface area (TPSA) is 87.1 Å². The zero-order valence-electron chi connectivity index (χ0n) is 10.7. The molecule has 0 atom stereocenters. The van der Waals surface area contributed by atoms with E-state index in [1.807, 2.05) is 0 Å². The van der Waals surface area contributed by atoms with Gasteiger partial charge in [0.2, 0.25) is 5.13 Å². The molecule has 6 nitrogen and oxygen atoms in total. The molecule has 1 aromatic heterocycles. The number of aromatic nitrogens is 2. The number of nitrogens with one attached hydrogen (secondary N) is 2. The Kier molecular flexibility index (Phi) is 5.12. The predicted molar refractivity (Wildman–Crippen MR) is 73.1 cm³/mol. The molecule has 2 amide bonds. The van der Waals surface area contributed by atoms with E-state index >= 15 is 0 Å². The summed E-state index contributed by atoms with van der Waals surface area (Å²) in [5, 5.41) is 20.3. The first-order valence-corrected chi connectivity index (χ1v) is 6.76. The van der Waals surface area contributed by atoms with Crippen LogP contribution >= 0.6 is 11.3 Å². The Hall–Kier alpha value is -2.13. The first-order valence-electron chi connectivity index (χ1n) is 5.94. The zero-order valence-corrected chi connectivity index (χ0v) is 11.5. The molecule has 2 rings (SSSR count). The van der Waals surface area contributed by atoms with Crippen LogP contribution in [-0.2, 0) is 13.2 Å². The highest BCUT2D eigenvalue weighted by atomic mass is 32.1. The Labute approximate surface area is 122 Å². The maximum Gasteiger partial charge on any atom is 0.321 e. The number of hydrogen-bond donors (Lipinski definition) is 3. The Morgan fingerprint density at radius 3 is 2.62 bits per heavy atom. The molecule has 21 heavy (non-hydrogen) atoms. The van der Waals surface area contributed by atoms with Crippen molar-refractivity contribution < 1.29 is 18.7 Å². The lowest BCUT2D eigenvalue weighted by atomic mass is 10.1. The molecule has 9 heteroatoms. The molecule has 0 aliphatic carbocycles. The van der Waals surface area contributed by atoms with Crippen LogP contribution < -0.4 is 10.6 Å². The van der Waals surface area contributed by atoms with Gasteiger partial charge in [-0.2, -0.15) is 0 Å². The number of rotatable bonds is 5. The van der Waals surface area contributed by atoms with E-state index in [1.165, 1.54) is 0 Å². The van der Waals surface area contributed by atoms with Crippen molar-refractivity contribution in [2.75, 3.05) is 5.32 Å². The van der Waals surface area contributed by atoms with Crippen LogP contribution in [0.3, 0.4) is 0 Å². The number of alkyl halides is 2. The number of amides is 2. The minimum Gasteiger partial charge on any atom is -0.392 e. The highest BCUT2D eigenvalue weighted by Gasteiger charge is 2.15. The third-order valence-electron chi connectivity index (χ3n) is 2.58. The summed E-state index contributed by atoms with van der Waals surface area (Å²) in [6.07, 6.45) is -2.71. The van der Waals surface area contributed by atoms with Gasteiger partial charge in [-0.3, -0.25) is 5.32 Å². The molecular weight excluding hydrogens is 302 g/mol. The van der Waals surface area contributed by atoms with Gasteiger partial charge in [0.25, 0.3) is 6.43 Å². The van der Waals surface area contributed by atoms with Gasteiger partial charge in [-0.15, -0.1) is 10.2 Å². The predicted octanol–water partition coefficient (Wildman–Crippen LogP) is 2.29. The van der Waals surface area contributed by atoms with Crippen molar-refractivity contribution >= 4 is 22.5 Å². The molecule has 1 heterocycles. The maximum absolute atomic E-state index is 12.3. The van der Waals surface area contributed by atoms with Crippen molar-refractivity contribution in [1.82, 2.24) is 15.5 Å². The van der Waals surface area contributed by atoms with Crippen LogP contribution in [-0.4, -0.2) is 21.3 Å². The van der Waals surface area contributed by atoms with Crippen LogP contribution in [0.4, 0.5) is 18.7 Å². The first-order chi connectivity index (χ1) is 10.1. The molecule has 1 aromatic carbocycles. The summed E-state index contributed by atoms with van der Waals surface area (Å²) in [6.45, 7) is 0.0662. The van der Waals surface area contributed by atoms with Gasteiger partial charge in [0.1, 0.15) is 0 Å². The quantitative estimate of drug-likeness (QED) is 0.790. The summed E-state index contributed by atoms with van der Waals surface area (Å²) in [4.78, 5) is 11.6. The number of nitrogens with zero attached hydrogens (tertiary/aromatic N) is 2. The van der Waals surface area contributed by atoms with Crippen LogP contribution in [0.2, 0.25) is 0 Å². The molecule has 0 fully saturated rings. The second-order valence-corrected chi connectivity index (χ2v) is 4.99. The number of aliphatic hydroxyl groups excluding tert-OH is 1. The van der Waals surface area contributed by atoms with Crippen molar-refractivity contribution in [2.24, 2.45) is 0 Å². The summed E-state index contributed by atoms with van der Waals surface area (Å²) in [5.74, 6) is 0. The van der Waals surface area contributed by atoms with E-state index in [-0.39, 0.29) is 18.3 Å². The molecule has 0 radical (unpaired) electrons. The average Bonchev–Trinajstić information content (AvgIpc) is 2.94. The lowest BCUT2D eigenvalue weighted by Gasteiger charge is -2.08. The molecule has 0 aliphatic heterocycles. The van der Waals surface area contributed by atoms with Crippen molar-refractivity contribution in [1.29, 1.82) is 0 Å². The molecule has 0 aliphatic rings. The monoisotopic (exact) mass is 314 g/mol.